The highest BCUT2D eigenvalue weighted by Crippen LogP contribution is 2.42. The molecule has 2 amide bonds. The van der Waals surface area contributed by atoms with Crippen LogP contribution in [0.25, 0.3) is 0 Å². The molecule has 0 aliphatic carbocycles. The zero-order valence-electron chi connectivity index (χ0n) is 20.1. The first-order chi connectivity index (χ1) is 16.8. The number of carbonyl (C=O) groups is 3. The molecule has 9 nitrogen and oxygen atoms in total. The van der Waals surface area contributed by atoms with Crippen LogP contribution in [0.2, 0.25) is 0 Å². The Balaban J connectivity index is 1.47. The summed E-state index contributed by atoms with van der Waals surface area (Å²) >= 11 is 0. The molecule has 0 bridgehead atoms. The highest BCUT2D eigenvalue weighted by atomic mass is 16.5. The summed E-state index contributed by atoms with van der Waals surface area (Å²) in [7, 11) is 1.49. The van der Waals surface area contributed by atoms with E-state index in [2.05, 4.69) is 10.6 Å². The normalized spacial score (nSPS) is 17.6. The number of methoxy groups -OCH3 is 1. The van der Waals surface area contributed by atoms with Crippen molar-refractivity contribution in [2.75, 3.05) is 13.7 Å². The molecule has 2 aliphatic heterocycles. The van der Waals surface area contributed by atoms with Gasteiger partial charge in [-0.15, -0.1) is 0 Å². The van der Waals surface area contributed by atoms with Crippen LogP contribution in [-0.2, 0) is 27.4 Å². The molecule has 186 valence electrons. The van der Waals surface area contributed by atoms with Crippen molar-refractivity contribution < 1.29 is 33.7 Å². The fourth-order valence-corrected chi connectivity index (χ4v) is 4.41. The van der Waals surface area contributed by atoms with Gasteiger partial charge in [-0.25, -0.2) is 4.79 Å². The van der Waals surface area contributed by atoms with Gasteiger partial charge in [-0.1, -0.05) is 13.0 Å². The SMILES string of the molecule is COc1c(CCC(C)CNC(=O)[C@@H]2CCC(=O)N2)ccc2c1C(=O)OCc1cc(C)cc(O)c1O2. The molecule has 0 saturated carbocycles. The number of phenols is 1. The number of carbonyl (C=O) groups excluding carboxylic acids is 3. The van der Waals surface area contributed by atoms with Crippen LogP contribution in [0.15, 0.2) is 24.3 Å². The van der Waals surface area contributed by atoms with E-state index < -0.39 is 12.0 Å². The Morgan fingerprint density at radius 3 is 2.83 bits per heavy atom. The first-order valence-electron chi connectivity index (χ1n) is 11.7. The predicted octanol–water partition coefficient (Wildman–Crippen LogP) is 3.14. The lowest BCUT2D eigenvalue weighted by molar-refractivity contribution is -0.125. The van der Waals surface area contributed by atoms with Crippen molar-refractivity contribution in [3.63, 3.8) is 0 Å². The molecule has 0 spiro atoms. The topological polar surface area (TPSA) is 123 Å². The van der Waals surface area contributed by atoms with Gasteiger partial charge in [0.2, 0.25) is 11.8 Å². The molecule has 0 radical (unpaired) electrons. The fraction of sp³-hybridized carbons (Fsp3) is 0.423. The number of cyclic esters (lactones) is 1. The van der Waals surface area contributed by atoms with Crippen LogP contribution < -0.4 is 20.1 Å². The maximum atomic E-state index is 12.9. The van der Waals surface area contributed by atoms with Crippen molar-refractivity contribution >= 4 is 17.8 Å². The Hall–Kier alpha value is -3.75. The number of nitrogens with one attached hydrogen (secondary N) is 2. The van der Waals surface area contributed by atoms with Gasteiger partial charge in [0.1, 0.15) is 29.7 Å². The highest BCUT2D eigenvalue weighted by molar-refractivity contribution is 5.96. The Labute approximate surface area is 203 Å². The summed E-state index contributed by atoms with van der Waals surface area (Å²) in [6.07, 6.45) is 2.22. The standard InChI is InChI=1S/C26H30N2O7/c1-14(12-27-25(31)18-7-9-21(30)28-18)4-5-16-6-8-20-22(24(16)33-3)26(32)34-13-17-10-15(2)11-19(29)23(17)35-20/h6,8,10-11,14,18,29H,4-5,7,9,12-13H2,1-3H3,(H,27,31)(H,28,30)/t14?,18-/m0/s1. The maximum Gasteiger partial charge on any atom is 0.346 e. The fourth-order valence-electron chi connectivity index (χ4n) is 4.41. The van der Waals surface area contributed by atoms with Crippen LogP contribution in [0.1, 0.15) is 53.2 Å². The van der Waals surface area contributed by atoms with Crippen LogP contribution in [0.3, 0.4) is 0 Å². The lowest BCUT2D eigenvalue weighted by Crippen LogP contribution is -2.43. The average Bonchev–Trinajstić information content (AvgIpc) is 3.26. The van der Waals surface area contributed by atoms with Gasteiger partial charge in [0.25, 0.3) is 0 Å². The van der Waals surface area contributed by atoms with Crippen LogP contribution in [0.4, 0.5) is 0 Å². The van der Waals surface area contributed by atoms with E-state index in [1.165, 1.54) is 7.11 Å². The van der Waals surface area contributed by atoms with E-state index in [9.17, 15) is 19.5 Å². The summed E-state index contributed by atoms with van der Waals surface area (Å²) in [5, 5.41) is 16.0. The molecule has 2 aromatic carbocycles. The third kappa shape index (κ3) is 5.34. The van der Waals surface area contributed by atoms with Crippen LogP contribution in [-0.4, -0.2) is 42.6 Å². The van der Waals surface area contributed by atoms with Gasteiger partial charge in [0.05, 0.1) is 7.11 Å². The van der Waals surface area contributed by atoms with E-state index >= 15 is 0 Å². The molecule has 4 rings (SSSR count). The van der Waals surface area contributed by atoms with Crippen molar-refractivity contribution in [2.45, 2.75) is 52.2 Å². The van der Waals surface area contributed by atoms with Gasteiger partial charge in [0.15, 0.2) is 11.5 Å². The van der Waals surface area contributed by atoms with Crippen molar-refractivity contribution in [3.8, 4) is 23.0 Å². The Morgan fingerprint density at radius 1 is 1.31 bits per heavy atom. The van der Waals surface area contributed by atoms with Crippen LogP contribution in [0, 0.1) is 12.8 Å². The van der Waals surface area contributed by atoms with Crippen LogP contribution >= 0.6 is 0 Å². The zero-order valence-corrected chi connectivity index (χ0v) is 20.1. The Bertz CT molecular complexity index is 1160. The second-order valence-corrected chi connectivity index (χ2v) is 9.13. The molecule has 1 fully saturated rings. The summed E-state index contributed by atoms with van der Waals surface area (Å²) in [5.41, 5.74) is 2.39. The number of esters is 1. The van der Waals surface area contributed by atoms with Gasteiger partial charge in [0, 0.05) is 18.5 Å². The molecule has 9 heteroatoms. The molecule has 1 unspecified atom stereocenters. The number of hydrogen-bond donors (Lipinski definition) is 3. The number of benzene rings is 2. The molecule has 2 aromatic rings. The summed E-state index contributed by atoms with van der Waals surface area (Å²) in [6, 6.07) is 6.45. The van der Waals surface area contributed by atoms with E-state index in [0.717, 1.165) is 17.5 Å². The lowest BCUT2D eigenvalue weighted by Gasteiger charge is -2.22. The molecule has 0 aromatic heterocycles. The monoisotopic (exact) mass is 482 g/mol. The minimum atomic E-state index is -0.565. The first kappa shape index (κ1) is 24.4. The van der Waals surface area contributed by atoms with E-state index in [1.54, 1.807) is 18.2 Å². The largest absolute Gasteiger partial charge is 0.504 e. The number of aryl methyl sites for hydroxylation is 2. The Morgan fingerprint density at radius 2 is 2.11 bits per heavy atom. The lowest BCUT2D eigenvalue weighted by atomic mass is 9.97. The number of aromatic hydroxyl groups is 1. The number of hydrogen-bond acceptors (Lipinski definition) is 7. The van der Waals surface area contributed by atoms with Crippen LogP contribution in [0.5, 0.6) is 23.0 Å². The number of rotatable bonds is 7. The van der Waals surface area contributed by atoms with E-state index in [1.807, 2.05) is 19.9 Å². The van der Waals surface area contributed by atoms with Gasteiger partial charge >= 0.3 is 5.97 Å². The molecule has 35 heavy (non-hydrogen) atoms. The van der Waals surface area contributed by atoms with Crippen molar-refractivity contribution in [3.05, 3.63) is 46.5 Å². The number of phenolic OH excluding ortho intramolecular Hbond substituents is 1. The van der Waals surface area contributed by atoms with Gasteiger partial charge in [-0.05, 0) is 61.4 Å². The van der Waals surface area contributed by atoms with Crippen molar-refractivity contribution in [1.82, 2.24) is 10.6 Å². The average molecular weight is 483 g/mol. The van der Waals surface area contributed by atoms with E-state index in [-0.39, 0.29) is 47.2 Å². The molecule has 3 N–H and O–H groups in total. The second kappa shape index (κ2) is 10.2. The quantitative estimate of drug-likeness (QED) is 0.518. The predicted molar refractivity (Wildman–Crippen MR) is 127 cm³/mol. The van der Waals surface area contributed by atoms with Crippen molar-refractivity contribution in [2.24, 2.45) is 5.92 Å². The second-order valence-electron chi connectivity index (χ2n) is 9.13. The maximum absolute atomic E-state index is 12.9. The summed E-state index contributed by atoms with van der Waals surface area (Å²) in [5.74, 6) is 0.159. The summed E-state index contributed by atoms with van der Waals surface area (Å²) < 4.78 is 17.1. The van der Waals surface area contributed by atoms with Gasteiger partial charge in [-0.2, -0.15) is 0 Å². The molecular formula is C26H30N2O7. The molecular weight excluding hydrogens is 452 g/mol. The zero-order chi connectivity index (χ0) is 25.1. The molecule has 2 atom stereocenters. The smallest absolute Gasteiger partial charge is 0.346 e. The number of ether oxygens (including phenoxy) is 3. The van der Waals surface area contributed by atoms with Gasteiger partial charge in [-0.3, -0.25) is 9.59 Å². The van der Waals surface area contributed by atoms with E-state index in [4.69, 9.17) is 14.2 Å². The molecule has 2 aliphatic rings. The molecule has 1 saturated heterocycles. The van der Waals surface area contributed by atoms with Gasteiger partial charge < -0.3 is 30.0 Å². The minimum absolute atomic E-state index is 0.0278. The van der Waals surface area contributed by atoms with Crippen molar-refractivity contribution in [1.29, 1.82) is 0 Å². The number of amides is 2. The third-order valence-corrected chi connectivity index (χ3v) is 6.31. The highest BCUT2D eigenvalue weighted by Gasteiger charge is 2.29. The minimum Gasteiger partial charge on any atom is -0.504 e. The summed E-state index contributed by atoms with van der Waals surface area (Å²) in [6.45, 7) is 4.29. The van der Waals surface area contributed by atoms with E-state index in [0.29, 0.717) is 37.1 Å². The molecule has 2 heterocycles. The third-order valence-electron chi connectivity index (χ3n) is 6.31. The number of fused-ring (bicyclic) bond motifs is 2. The Kier molecular flexibility index (Phi) is 7.14. The summed E-state index contributed by atoms with van der Waals surface area (Å²) in [4.78, 5) is 36.5. The first-order valence-corrected chi connectivity index (χ1v) is 11.7.